The predicted octanol–water partition coefficient (Wildman–Crippen LogP) is 5.07. The number of carbonyl (C=O) groups is 1. The molecule has 4 saturated heterocycles. The Bertz CT molecular complexity index is 1040. The minimum absolute atomic E-state index is 0.285. The van der Waals surface area contributed by atoms with Gasteiger partial charge in [-0.15, -0.1) is 0 Å². The third-order valence-electron chi connectivity index (χ3n) is 8.40. The number of hydrogen-bond acceptors (Lipinski definition) is 2. The first-order valence-electron chi connectivity index (χ1n) is 12.3. The Morgan fingerprint density at radius 2 is 1.88 bits per heavy atom. The first-order valence-corrected chi connectivity index (χ1v) is 12.7. The summed E-state index contributed by atoms with van der Waals surface area (Å²) in [6.07, 6.45) is 11.4. The Balaban J connectivity index is 1.25. The van der Waals surface area contributed by atoms with Crippen LogP contribution in [-0.4, -0.2) is 52.0 Å². The van der Waals surface area contributed by atoms with Gasteiger partial charge in [0, 0.05) is 47.7 Å². The summed E-state index contributed by atoms with van der Waals surface area (Å²) < 4.78 is 2.19. The summed E-state index contributed by atoms with van der Waals surface area (Å²) in [5.41, 5.74) is 3.16. The van der Waals surface area contributed by atoms with Crippen LogP contribution in [0.25, 0.3) is 6.08 Å². The van der Waals surface area contributed by atoms with E-state index >= 15 is 0 Å². The minimum atomic E-state index is 0.285. The monoisotopic (exact) mass is 449 g/mol. The number of halogens is 1. The van der Waals surface area contributed by atoms with Gasteiger partial charge in [0.05, 0.1) is 0 Å². The van der Waals surface area contributed by atoms with Gasteiger partial charge in [-0.05, 0) is 93.3 Å². The second-order valence-corrected chi connectivity index (χ2v) is 10.5. The summed E-state index contributed by atoms with van der Waals surface area (Å²) >= 11 is 6.39. The van der Waals surface area contributed by atoms with Crippen LogP contribution in [0.5, 0.6) is 0 Å². The molecular weight excluding hydrogens is 418 g/mol. The maximum atomic E-state index is 13.7. The van der Waals surface area contributed by atoms with Gasteiger partial charge in [-0.25, -0.2) is 0 Å². The fourth-order valence-corrected chi connectivity index (χ4v) is 7.21. The average molecular weight is 450 g/mol. The molecule has 32 heavy (non-hydrogen) atoms. The van der Waals surface area contributed by atoms with E-state index < -0.39 is 0 Å². The zero-order valence-electron chi connectivity index (χ0n) is 18.6. The summed E-state index contributed by atoms with van der Waals surface area (Å²) in [5, 5.41) is 0.785. The second-order valence-electron chi connectivity index (χ2n) is 10.1. The van der Waals surface area contributed by atoms with E-state index in [9.17, 15) is 4.79 Å². The lowest BCUT2D eigenvalue weighted by Crippen LogP contribution is -2.66. The highest BCUT2D eigenvalue weighted by molar-refractivity contribution is 6.31. The number of fused-ring (bicyclic) bond motifs is 2. The van der Waals surface area contributed by atoms with Crippen LogP contribution in [0.3, 0.4) is 0 Å². The van der Waals surface area contributed by atoms with Crippen LogP contribution in [0.15, 0.2) is 48.2 Å². The molecule has 1 amide bonds. The summed E-state index contributed by atoms with van der Waals surface area (Å²) in [5.74, 6) is 1.63. The number of piperidine rings is 4. The van der Waals surface area contributed by atoms with Crippen LogP contribution in [0, 0.1) is 11.8 Å². The topological polar surface area (TPSA) is 28.5 Å². The Morgan fingerprint density at radius 3 is 2.75 bits per heavy atom. The van der Waals surface area contributed by atoms with Gasteiger partial charge >= 0.3 is 0 Å². The van der Waals surface area contributed by atoms with Crippen molar-refractivity contribution in [3.63, 3.8) is 0 Å². The van der Waals surface area contributed by atoms with E-state index in [-0.39, 0.29) is 5.91 Å². The molecule has 4 aliphatic heterocycles. The number of benzene rings is 1. The van der Waals surface area contributed by atoms with Crippen molar-refractivity contribution in [1.29, 1.82) is 0 Å². The van der Waals surface area contributed by atoms with E-state index in [2.05, 4.69) is 44.8 Å². The zero-order chi connectivity index (χ0) is 21.7. The molecule has 0 spiro atoms. The predicted molar refractivity (Wildman–Crippen MR) is 129 cm³/mol. The van der Waals surface area contributed by atoms with Crippen molar-refractivity contribution in [1.82, 2.24) is 14.4 Å². The molecule has 2 aromatic rings. The quantitative estimate of drug-likeness (QED) is 0.612. The molecule has 0 bridgehead atoms. The SMILES string of the molecule is O=C1/C(=C/c2cccn2Cc2ccccc2Cl)CC[C@@H]2[C@H]3CCCN4CCC[C@@H](CN12)[C@@H]34. The molecule has 5 heterocycles. The largest absolute Gasteiger partial charge is 0.343 e. The molecule has 0 aliphatic carbocycles. The van der Waals surface area contributed by atoms with Crippen molar-refractivity contribution in [2.24, 2.45) is 11.8 Å². The summed E-state index contributed by atoms with van der Waals surface area (Å²) in [6.45, 7) is 4.21. The number of aromatic nitrogens is 1. The third kappa shape index (κ3) is 3.52. The van der Waals surface area contributed by atoms with Gasteiger partial charge in [-0.1, -0.05) is 29.8 Å². The normalized spacial score (nSPS) is 31.5. The van der Waals surface area contributed by atoms with E-state index in [1.807, 2.05) is 18.2 Å². The average Bonchev–Trinajstić information content (AvgIpc) is 3.24. The number of rotatable bonds is 3. The lowest BCUT2D eigenvalue weighted by atomic mass is 9.67. The highest BCUT2D eigenvalue weighted by Crippen LogP contribution is 2.45. The van der Waals surface area contributed by atoms with Crippen molar-refractivity contribution in [2.75, 3.05) is 19.6 Å². The van der Waals surface area contributed by atoms with Gasteiger partial charge in [0.1, 0.15) is 0 Å². The molecule has 1 aromatic heterocycles. The van der Waals surface area contributed by atoms with E-state index in [4.69, 9.17) is 11.6 Å². The Kier molecular flexibility index (Phi) is 5.39. The van der Waals surface area contributed by atoms with E-state index in [0.717, 1.165) is 47.3 Å². The molecule has 0 N–H and O–H groups in total. The summed E-state index contributed by atoms with van der Waals surface area (Å²) in [6, 6.07) is 13.3. The number of hydrogen-bond donors (Lipinski definition) is 0. The van der Waals surface area contributed by atoms with Crippen LogP contribution in [0.2, 0.25) is 5.02 Å². The van der Waals surface area contributed by atoms with Crippen LogP contribution >= 0.6 is 11.6 Å². The zero-order valence-corrected chi connectivity index (χ0v) is 19.4. The maximum Gasteiger partial charge on any atom is 0.250 e. The van der Waals surface area contributed by atoms with E-state index in [1.165, 1.54) is 38.8 Å². The van der Waals surface area contributed by atoms with E-state index in [0.29, 0.717) is 24.4 Å². The molecule has 4 atom stereocenters. The van der Waals surface area contributed by atoms with Crippen molar-refractivity contribution >= 4 is 23.6 Å². The molecule has 168 valence electrons. The lowest BCUT2D eigenvalue weighted by Gasteiger charge is -2.58. The van der Waals surface area contributed by atoms with Crippen molar-refractivity contribution in [3.8, 4) is 0 Å². The third-order valence-corrected chi connectivity index (χ3v) is 8.77. The Labute approximate surface area is 195 Å². The van der Waals surface area contributed by atoms with Crippen LogP contribution in [0.4, 0.5) is 0 Å². The summed E-state index contributed by atoms with van der Waals surface area (Å²) in [4.78, 5) is 18.7. The van der Waals surface area contributed by atoms with Crippen molar-refractivity contribution < 1.29 is 4.79 Å². The van der Waals surface area contributed by atoms with Gasteiger partial charge in [0.25, 0.3) is 0 Å². The molecule has 4 nitrogen and oxygen atoms in total. The van der Waals surface area contributed by atoms with Gasteiger partial charge in [-0.3, -0.25) is 9.69 Å². The highest BCUT2D eigenvalue weighted by Gasteiger charge is 2.51. The molecule has 6 rings (SSSR count). The first kappa shape index (κ1) is 20.6. The molecule has 0 unspecified atom stereocenters. The molecule has 5 heteroatoms. The van der Waals surface area contributed by atoms with Crippen LogP contribution in [-0.2, 0) is 11.3 Å². The van der Waals surface area contributed by atoms with Gasteiger partial charge < -0.3 is 9.47 Å². The molecule has 4 aliphatic rings. The smallest absolute Gasteiger partial charge is 0.250 e. The Hall–Kier alpha value is -2.04. The number of nitrogens with zero attached hydrogens (tertiary/aromatic N) is 3. The van der Waals surface area contributed by atoms with Gasteiger partial charge in [0.15, 0.2) is 0 Å². The minimum Gasteiger partial charge on any atom is -0.343 e. The molecule has 0 saturated carbocycles. The summed E-state index contributed by atoms with van der Waals surface area (Å²) in [7, 11) is 0. The van der Waals surface area contributed by atoms with E-state index in [1.54, 1.807) is 0 Å². The lowest BCUT2D eigenvalue weighted by molar-refractivity contribution is -0.145. The fourth-order valence-electron chi connectivity index (χ4n) is 7.02. The van der Waals surface area contributed by atoms with Gasteiger partial charge in [0.2, 0.25) is 5.91 Å². The second kappa shape index (κ2) is 8.39. The molecule has 4 fully saturated rings. The first-order chi connectivity index (χ1) is 15.7. The van der Waals surface area contributed by atoms with Crippen LogP contribution in [0.1, 0.15) is 49.8 Å². The maximum absolute atomic E-state index is 13.7. The van der Waals surface area contributed by atoms with Crippen LogP contribution < -0.4 is 0 Å². The van der Waals surface area contributed by atoms with Crippen molar-refractivity contribution in [3.05, 3.63) is 64.4 Å². The molecule has 1 aromatic carbocycles. The highest BCUT2D eigenvalue weighted by atomic mass is 35.5. The molecular formula is C27H32ClN3O. The standard InChI is InChI=1S/C27H32ClN3O/c28-24-10-2-1-6-20(24)17-30-15-4-8-22(30)16-19-11-12-25-23-9-5-14-29-13-3-7-21(26(23)29)18-31(25)27(19)32/h1-2,4,6,8,10,15-16,21,23,25-26H,3,5,7,9,11-14,17-18H2/b19-16+/t21-,23+,25+,26-/m0/s1. The number of amides is 1. The molecule has 0 radical (unpaired) electrons. The number of carbonyl (C=O) groups excluding carboxylic acids is 1. The van der Waals surface area contributed by atoms with Crippen molar-refractivity contribution in [2.45, 2.75) is 57.2 Å². The Morgan fingerprint density at radius 1 is 1.03 bits per heavy atom. The van der Waals surface area contributed by atoms with Gasteiger partial charge in [-0.2, -0.15) is 0 Å². The fraction of sp³-hybridized carbons (Fsp3) is 0.519.